The smallest absolute Gasteiger partial charge is 0.227 e. The normalized spacial score (nSPS) is 31.3. The molecule has 1 heterocycles. The van der Waals surface area contributed by atoms with Crippen LogP contribution in [0.4, 0.5) is 0 Å². The summed E-state index contributed by atoms with van der Waals surface area (Å²) in [6.45, 7) is 6.45. The summed E-state index contributed by atoms with van der Waals surface area (Å²) in [5.74, 6) is -1.42. The number of rotatable bonds is 4. The highest BCUT2D eigenvalue weighted by Gasteiger charge is 2.52. The van der Waals surface area contributed by atoms with Gasteiger partial charge in [-0.3, -0.25) is 4.79 Å². The molecule has 1 aromatic rings. The van der Waals surface area contributed by atoms with Crippen LogP contribution < -0.4 is 10.0 Å². The van der Waals surface area contributed by atoms with Gasteiger partial charge in [0.05, 0.1) is 26.2 Å². The van der Waals surface area contributed by atoms with Crippen molar-refractivity contribution < 1.29 is 19.6 Å². The Bertz CT molecular complexity index is 696. The van der Waals surface area contributed by atoms with Gasteiger partial charge in [0.2, 0.25) is 5.91 Å². The quantitative estimate of drug-likeness (QED) is 0.801. The van der Waals surface area contributed by atoms with E-state index in [0.29, 0.717) is 0 Å². The van der Waals surface area contributed by atoms with Crippen molar-refractivity contribution >= 4 is 11.9 Å². The third-order valence-corrected chi connectivity index (χ3v) is 6.96. The second-order valence-corrected chi connectivity index (χ2v) is 8.38. The molecule has 3 fully saturated rings. The molecule has 5 heteroatoms. The number of aliphatic carboxylic acids is 1. The number of carboxylic acid groups (broad SMARTS) is 1. The van der Waals surface area contributed by atoms with Gasteiger partial charge in [-0.25, -0.2) is 0 Å². The van der Waals surface area contributed by atoms with Crippen LogP contribution in [0.1, 0.15) is 30.4 Å². The van der Waals surface area contributed by atoms with E-state index in [2.05, 4.69) is 31.2 Å². The maximum Gasteiger partial charge on any atom is 0.227 e. The molecule has 4 rings (SSSR count). The molecular formula is C21H28N2O3. The zero-order chi connectivity index (χ0) is 18.3. The Balaban J connectivity index is 1.36. The average molecular weight is 356 g/mol. The molecule has 0 spiro atoms. The number of quaternary nitrogens is 1. The van der Waals surface area contributed by atoms with Crippen LogP contribution in [0.15, 0.2) is 24.3 Å². The predicted octanol–water partition coefficient (Wildman–Crippen LogP) is -0.366. The van der Waals surface area contributed by atoms with Gasteiger partial charge in [-0.1, -0.05) is 24.3 Å². The van der Waals surface area contributed by atoms with Crippen molar-refractivity contribution in [3.05, 3.63) is 35.4 Å². The molecule has 1 aliphatic heterocycles. The van der Waals surface area contributed by atoms with Crippen LogP contribution in [0.3, 0.4) is 0 Å². The van der Waals surface area contributed by atoms with Crippen LogP contribution in [0, 0.1) is 30.6 Å². The number of nitrogens with one attached hydrogen (secondary N) is 1. The number of benzene rings is 1. The Kier molecular flexibility index (Phi) is 4.74. The summed E-state index contributed by atoms with van der Waals surface area (Å²) in [4.78, 5) is 28.1. The number of carboxylic acids is 1. The van der Waals surface area contributed by atoms with E-state index in [9.17, 15) is 14.7 Å². The third kappa shape index (κ3) is 3.13. The zero-order valence-electron chi connectivity index (χ0n) is 15.4. The second kappa shape index (κ2) is 7.03. The van der Waals surface area contributed by atoms with Gasteiger partial charge < -0.3 is 19.7 Å². The maximum absolute atomic E-state index is 13.0. The number of carbonyl (C=O) groups excluding carboxylic acids is 2. The number of piperazine rings is 1. The van der Waals surface area contributed by atoms with E-state index in [1.54, 1.807) is 0 Å². The standard InChI is InChI=1S/C21H28N2O3/c1-14-4-2-3-5-17(14)13-22-8-10-23(11-9-22)20(24)18-15-6-7-16(12-15)19(18)21(25)26/h2-5,15-16,18-19H,6-13H2,1H3,(H,25,26)/t15-,16-,18+,19+/m1/s1. The van der Waals surface area contributed by atoms with E-state index in [1.807, 2.05) is 4.90 Å². The Morgan fingerprint density at radius 3 is 2.42 bits per heavy atom. The van der Waals surface area contributed by atoms with Crippen molar-refractivity contribution in [1.82, 2.24) is 4.90 Å². The molecular weight excluding hydrogens is 328 g/mol. The van der Waals surface area contributed by atoms with Crippen LogP contribution in [-0.2, 0) is 16.1 Å². The highest BCUT2D eigenvalue weighted by atomic mass is 16.4. The van der Waals surface area contributed by atoms with Crippen LogP contribution in [-0.4, -0.2) is 43.0 Å². The Hall–Kier alpha value is -1.88. The molecule has 1 aromatic carbocycles. The fraction of sp³-hybridized carbons (Fsp3) is 0.619. The number of aryl methyl sites for hydroxylation is 1. The SMILES string of the molecule is Cc1ccccc1C[NH+]1CCN(C(=O)[C@H]2[C@@H]3CC[C@H](C3)[C@@H]2C(=O)[O-])CC1. The highest BCUT2D eigenvalue weighted by molar-refractivity contribution is 5.85. The van der Waals surface area contributed by atoms with Crippen molar-refractivity contribution in [3.8, 4) is 0 Å². The summed E-state index contributed by atoms with van der Waals surface area (Å²) in [5.41, 5.74) is 2.68. The first-order chi connectivity index (χ1) is 12.5. The Labute approximate surface area is 155 Å². The third-order valence-electron chi connectivity index (χ3n) is 6.96. The van der Waals surface area contributed by atoms with Crippen molar-refractivity contribution in [2.75, 3.05) is 26.2 Å². The van der Waals surface area contributed by atoms with Crippen LogP contribution in [0.5, 0.6) is 0 Å². The maximum atomic E-state index is 13.0. The van der Waals surface area contributed by atoms with E-state index in [4.69, 9.17) is 0 Å². The number of hydrogen-bond acceptors (Lipinski definition) is 3. The number of carbonyl (C=O) groups is 2. The van der Waals surface area contributed by atoms with Gasteiger partial charge in [0.15, 0.2) is 0 Å². The number of hydrogen-bond donors (Lipinski definition) is 1. The molecule has 2 aliphatic carbocycles. The number of amides is 1. The molecule has 2 bridgehead atoms. The minimum Gasteiger partial charge on any atom is -0.550 e. The van der Waals surface area contributed by atoms with Crippen LogP contribution >= 0.6 is 0 Å². The topological polar surface area (TPSA) is 64.9 Å². The lowest BCUT2D eigenvalue weighted by Gasteiger charge is -2.38. The molecule has 4 atom stereocenters. The van der Waals surface area contributed by atoms with Crippen LogP contribution in [0.2, 0.25) is 0 Å². The first-order valence-corrected chi connectivity index (χ1v) is 9.92. The fourth-order valence-corrected chi connectivity index (χ4v) is 5.49. The molecule has 0 radical (unpaired) electrons. The van der Waals surface area contributed by atoms with Gasteiger partial charge in [-0.2, -0.15) is 0 Å². The lowest BCUT2D eigenvalue weighted by atomic mass is 9.78. The first-order valence-electron chi connectivity index (χ1n) is 9.92. The number of nitrogens with zero attached hydrogens (tertiary/aromatic N) is 1. The molecule has 1 amide bonds. The highest BCUT2D eigenvalue weighted by Crippen LogP contribution is 2.52. The predicted molar refractivity (Wildman–Crippen MR) is 95.0 cm³/mol. The van der Waals surface area contributed by atoms with Crippen LogP contribution in [0.25, 0.3) is 0 Å². The molecule has 5 nitrogen and oxygen atoms in total. The lowest BCUT2D eigenvalue weighted by Crippen LogP contribution is -3.13. The van der Waals surface area contributed by atoms with E-state index in [0.717, 1.165) is 52.0 Å². The van der Waals surface area contributed by atoms with E-state index < -0.39 is 11.9 Å². The van der Waals surface area contributed by atoms with Gasteiger partial charge in [0.25, 0.3) is 0 Å². The molecule has 1 N–H and O–H groups in total. The molecule has 0 aromatic heterocycles. The summed E-state index contributed by atoms with van der Waals surface area (Å²) in [7, 11) is 0. The van der Waals surface area contributed by atoms with E-state index in [1.165, 1.54) is 16.0 Å². The summed E-state index contributed by atoms with van der Waals surface area (Å²) < 4.78 is 0. The number of fused-ring (bicyclic) bond motifs is 2. The van der Waals surface area contributed by atoms with Gasteiger partial charge >= 0.3 is 0 Å². The molecule has 0 unspecified atom stereocenters. The molecule has 26 heavy (non-hydrogen) atoms. The average Bonchev–Trinajstić information content (AvgIpc) is 3.25. The summed E-state index contributed by atoms with van der Waals surface area (Å²) in [6.07, 6.45) is 2.85. The zero-order valence-corrected chi connectivity index (χ0v) is 15.4. The minimum absolute atomic E-state index is 0.0707. The molecule has 3 aliphatic rings. The van der Waals surface area contributed by atoms with Crippen molar-refractivity contribution in [2.24, 2.45) is 23.7 Å². The largest absolute Gasteiger partial charge is 0.550 e. The van der Waals surface area contributed by atoms with Gasteiger partial charge in [0, 0.05) is 23.4 Å². The Morgan fingerprint density at radius 2 is 1.77 bits per heavy atom. The lowest BCUT2D eigenvalue weighted by molar-refractivity contribution is -0.917. The monoisotopic (exact) mass is 356 g/mol. The van der Waals surface area contributed by atoms with Gasteiger partial charge in [0.1, 0.15) is 6.54 Å². The molecule has 2 saturated carbocycles. The van der Waals surface area contributed by atoms with Gasteiger partial charge in [-0.05, 0) is 43.6 Å². The summed E-state index contributed by atoms with van der Waals surface area (Å²) in [6, 6.07) is 8.47. The second-order valence-electron chi connectivity index (χ2n) is 8.38. The van der Waals surface area contributed by atoms with Gasteiger partial charge in [-0.15, -0.1) is 0 Å². The van der Waals surface area contributed by atoms with E-state index >= 15 is 0 Å². The van der Waals surface area contributed by atoms with Crippen molar-refractivity contribution in [1.29, 1.82) is 0 Å². The van der Waals surface area contributed by atoms with E-state index in [-0.39, 0.29) is 23.7 Å². The van der Waals surface area contributed by atoms with Crippen molar-refractivity contribution in [3.63, 3.8) is 0 Å². The molecule has 1 saturated heterocycles. The minimum atomic E-state index is -1.01. The fourth-order valence-electron chi connectivity index (χ4n) is 5.49. The van der Waals surface area contributed by atoms with Crippen molar-refractivity contribution in [2.45, 2.75) is 32.7 Å². The Morgan fingerprint density at radius 1 is 1.12 bits per heavy atom. The summed E-state index contributed by atoms with van der Waals surface area (Å²) >= 11 is 0. The summed E-state index contributed by atoms with van der Waals surface area (Å²) in [5, 5.41) is 11.6. The first kappa shape index (κ1) is 17.5. The molecule has 140 valence electrons.